The van der Waals surface area contributed by atoms with Gasteiger partial charge < -0.3 is 5.73 Å². The molecule has 0 aliphatic rings. The maximum Gasteiger partial charge on any atom is 0.156 e. The monoisotopic (exact) mass is 391 g/mol. The van der Waals surface area contributed by atoms with Crippen molar-refractivity contribution in [1.82, 2.24) is 29.2 Å². The fourth-order valence-corrected chi connectivity index (χ4v) is 3.46. The van der Waals surface area contributed by atoms with Crippen LogP contribution in [0.15, 0.2) is 59.8 Å². The lowest BCUT2D eigenvalue weighted by atomic mass is 10.1. The first-order valence-corrected chi connectivity index (χ1v) is 9.67. The highest BCUT2D eigenvalue weighted by Gasteiger charge is 2.19. The van der Waals surface area contributed by atoms with Crippen LogP contribution in [-0.2, 0) is 0 Å². The Morgan fingerprint density at radius 3 is 2.50 bits per heavy atom. The van der Waals surface area contributed by atoms with Gasteiger partial charge in [0.25, 0.3) is 0 Å². The number of imidazole rings is 2. The molecule has 0 spiro atoms. The summed E-state index contributed by atoms with van der Waals surface area (Å²) in [6.45, 7) is 0. The molecule has 0 fully saturated rings. The first kappa shape index (κ1) is 16.7. The number of nitrogens with two attached hydrogens (primary N) is 1. The third-order valence-electron chi connectivity index (χ3n) is 4.36. The van der Waals surface area contributed by atoms with Gasteiger partial charge in [0.2, 0.25) is 0 Å². The predicted molar refractivity (Wildman–Crippen MR) is 107 cm³/mol. The van der Waals surface area contributed by atoms with E-state index in [4.69, 9.17) is 10.7 Å². The van der Waals surface area contributed by atoms with Gasteiger partial charge >= 0.3 is 0 Å². The number of nitrogen functional groups attached to an aromatic ring is 1. The minimum Gasteiger partial charge on any atom is -0.382 e. The topological polar surface area (TPSA) is 86.4 Å². The van der Waals surface area contributed by atoms with Gasteiger partial charge in [-0.05, 0) is 54.8 Å². The van der Waals surface area contributed by atoms with Crippen molar-refractivity contribution in [2.24, 2.45) is 0 Å². The van der Waals surface area contributed by atoms with Gasteiger partial charge in [0.1, 0.15) is 33.7 Å². The van der Waals surface area contributed by atoms with Crippen molar-refractivity contribution in [3.63, 3.8) is 0 Å². The molecule has 4 aromatic heterocycles. The van der Waals surface area contributed by atoms with E-state index in [1.54, 1.807) is 27.4 Å². The average Bonchev–Trinajstić information content (AvgIpc) is 3.26. The summed E-state index contributed by atoms with van der Waals surface area (Å²) < 4.78 is 16.8. The summed E-state index contributed by atoms with van der Waals surface area (Å²) in [6, 6.07) is 13.7. The van der Waals surface area contributed by atoms with Crippen LogP contribution in [-0.4, -0.2) is 35.5 Å². The van der Waals surface area contributed by atoms with Crippen LogP contribution in [0.4, 0.5) is 10.2 Å². The molecule has 0 saturated carbocycles. The Kier molecular flexibility index (Phi) is 3.76. The quantitative estimate of drug-likeness (QED) is 0.473. The van der Waals surface area contributed by atoms with Gasteiger partial charge in [-0.2, -0.15) is 10.2 Å². The summed E-state index contributed by atoms with van der Waals surface area (Å²) in [6.07, 6.45) is 3.62. The highest BCUT2D eigenvalue weighted by Crippen LogP contribution is 2.32. The number of anilines is 1. The summed E-state index contributed by atoms with van der Waals surface area (Å²) in [5.74, 6) is 0.0923. The van der Waals surface area contributed by atoms with Crippen LogP contribution in [0, 0.1) is 5.82 Å². The van der Waals surface area contributed by atoms with Gasteiger partial charge in [0.05, 0.1) is 6.20 Å². The van der Waals surface area contributed by atoms with E-state index >= 15 is 0 Å². The smallest absolute Gasteiger partial charge is 0.156 e. The van der Waals surface area contributed by atoms with E-state index in [-0.39, 0.29) is 5.82 Å². The van der Waals surface area contributed by atoms with Gasteiger partial charge in [-0.3, -0.25) is 0 Å². The van der Waals surface area contributed by atoms with Crippen LogP contribution in [0.2, 0.25) is 0 Å². The summed E-state index contributed by atoms with van der Waals surface area (Å²) >= 11 is 1.54. The number of aromatic nitrogens is 6. The van der Waals surface area contributed by atoms with Crippen molar-refractivity contribution in [3.8, 4) is 22.6 Å². The average molecular weight is 391 g/mol. The molecule has 5 rings (SSSR count). The Morgan fingerprint density at radius 1 is 0.929 bits per heavy atom. The maximum atomic E-state index is 13.4. The number of fused-ring (bicyclic) bond motifs is 2. The van der Waals surface area contributed by atoms with E-state index in [0.717, 1.165) is 10.6 Å². The molecule has 138 valence electrons. The Labute approximate surface area is 163 Å². The number of halogens is 1. The minimum absolute atomic E-state index is 0.301. The predicted octanol–water partition coefficient (Wildman–Crippen LogP) is 3.55. The summed E-state index contributed by atoms with van der Waals surface area (Å²) in [4.78, 5) is 8.94. The largest absolute Gasteiger partial charge is 0.382 e. The second kappa shape index (κ2) is 6.31. The number of nitrogens with zero attached hydrogens (tertiary/aromatic N) is 6. The van der Waals surface area contributed by atoms with Crippen LogP contribution in [0.3, 0.4) is 0 Å². The highest BCUT2D eigenvalue weighted by molar-refractivity contribution is 7.98. The number of hydrogen-bond acceptors (Lipinski definition) is 6. The molecule has 0 aliphatic heterocycles. The zero-order chi connectivity index (χ0) is 19.3. The molecular weight excluding hydrogens is 377 g/mol. The molecule has 0 atom stereocenters. The highest BCUT2D eigenvalue weighted by atomic mass is 32.2. The van der Waals surface area contributed by atoms with E-state index in [9.17, 15) is 4.39 Å². The van der Waals surface area contributed by atoms with Crippen molar-refractivity contribution in [3.05, 3.63) is 60.5 Å². The fraction of sp³-hybridized carbons (Fsp3) is 0.0526. The molecule has 2 N–H and O–H groups in total. The van der Waals surface area contributed by atoms with Crippen molar-refractivity contribution < 1.29 is 4.39 Å². The fourth-order valence-electron chi connectivity index (χ4n) is 3.09. The second-order valence-corrected chi connectivity index (χ2v) is 6.98. The third kappa shape index (κ3) is 2.67. The Balaban J connectivity index is 1.82. The summed E-state index contributed by atoms with van der Waals surface area (Å²) in [5.41, 5.74) is 9.93. The standard InChI is InChI=1S/C19H14FN7S/c1-28-17-9-8-16-23-18(11-2-4-12(20)5-3-11)19(27(16)25-17)13-6-7-15-22-14(21)10-26(15)24-13/h2-10H,21H2,1H3. The molecule has 0 aliphatic carbocycles. The molecule has 0 bridgehead atoms. The van der Waals surface area contributed by atoms with Gasteiger partial charge in [-0.25, -0.2) is 23.4 Å². The van der Waals surface area contributed by atoms with Gasteiger partial charge in [-0.1, -0.05) is 0 Å². The van der Waals surface area contributed by atoms with E-state index in [0.29, 0.717) is 34.2 Å². The summed E-state index contributed by atoms with van der Waals surface area (Å²) in [5, 5.41) is 10.2. The molecular formula is C19H14FN7S. The Hall–Kier alpha value is -3.46. The number of rotatable bonds is 3. The molecule has 7 nitrogen and oxygen atoms in total. The van der Waals surface area contributed by atoms with E-state index < -0.39 is 0 Å². The molecule has 0 unspecified atom stereocenters. The first-order valence-electron chi connectivity index (χ1n) is 8.44. The van der Waals surface area contributed by atoms with Gasteiger partial charge in [0.15, 0.2) is 11.3 Å². The van der Waals surface area contributed by atoms with Crippen LogP contribution in [0.25, 0.3) is 33.9 Å². The lowest BCUT2D eigenvalue weighted by Gasteiger charge is -2.06. The van der Waals surface area contributed by atoms with Gasteiger partial charge in [-0.15, -0.1) is 11.8 Å². The Bertz CT molecular complexity index is 1320. The molecule has 9 heteroatoms. The Morgan fingerprint density at radius 2 is 1.71 bits per heavy atom. The first-order chi connectivity index (χ1) is 13.6. The normalized spacial score (nSPS) is 11.5. The maximum absolute atomic E-state index is 13.4. The molecule has 0 saturated heterocycles. The zero-order valence-electron chi connectivity index (χ0n) is 14.7. The number of hydrogen-bond donors (Lipinski definition) is 1. The molecule has 0 radical (unpaired) electrons. The lowest BCUT2D eigenvalue weighted by molar-refractivity contribution is 0.628. The minimum atomic E-state index is -0.301. The molecule has 1 aromatic carbocycles. The van der Waals surface area contributed by atoms with Crippen molar-refractivity contribution >= 4 is 28.9 Å². The van der Waals surface area contributed by atoms with Crippen LogP contribution < -0.4 is 5.73 Å². The van der Waals surface area contributed by atoms with E-state index in [1.165, 1.54) is 23.9 Å². The van der Waals surface area contributed by atoms with Crippen LogP contribution >= 0.6 is 11.8 Å². The van der Waals surface area contributed by atoms with Crippen molar-refractivity contribution in [2.45, 2.75) is 5.03 Å². The van der Waals surface area contributed by atoms with Crippen LogP contribution in [0.5, 0.6) is 0 Å². The lowest BCUT2D eigenvalue weighted by Crippen LogP contribution is -2.00. The molecule has 5 aromatic rings. The third-order valence-corrected chi connectivity index (χ3v) is 5.00. The van der Waals surface area contributed by atoms with Crippen molar-refractivity contribution in [1.29, 1.82) is 0 Å². The zero-order valence-corrected chi connectivity index (χ0v) is 15.6. The second-order valence-electron chi connectivity index (χ2n) is 6.15. The number of benzene rings is 1. The molecule has 4 heterocycles. The van der Waals surface area contributed by atoms with Crippen molar-refractivity contribution in [2.75, 3.05) is 12.0 Å². The molecule has 0 amide bonds. The molecule has 28 heavy (non-hydrogen) atoms. The van der Waals surface area contributed by atoms with Gasteiger partial charge in [0, 0.05) is 5.56 Å². The summed E-state index contributed by atoms with van der Waals surface area (Å²) in [7, 11) is 0. The SMILES string of the molecule is CSc1ccc2nc(-c3ccc(F)cc3)c(-c3ccc4nc(N)cn4n3)n2n1. The van der Waals surface area contributed by atoms with E-state index in [2.05, 4.69) is 15.2 Å². The number of thioether (sulfide) groups is 1. The van der Waals surface area contributed by atoms with Crippen LogP contribution in [0.1, 0.15) is 0 Å². The van der Waals surface area contributed by atoms with E-state index in [1.807, 2.05) is 30.5 Å².